The molecule has 3 rings (SSSR count). The van der Waals surface area contributed by atoms with Gasteiger partial charge in [0.2, 0.25) is 0 Å². The zero-order chi connectivity index (χ0) is 14.3. The topological polar surface area (TPSA) is 16.4 Å². The van der Waals surface area contributed by atoms with Gasteiger partial charge >= 0.3 is 0 Å². The van der Waals surface area contributed by atoms with Crippen molar-refractivity contribution >= 4 is 27.6 Å². The molecular formula is C18H19NO. The van der Waals surface area contributed by atoms with Crippen LogP contribution in [0.1, 0.15) is 18.1 Å². The maximum atomic E-state index is 6.13. The first-order valence-electron chi connectivity index (χ1n) is 6.88. The van der Waals surface area contributed by atoms with Crippen LogP contribution < -0.4 is 0 Å². The molecule has 0 aliphatic rings. The number of allylic oxidation sites excluding steroid dienone is 1. The predicted molar refractivity (Wildman–Crippen MR) is 85.8 cm³/mol. The highest BCUT2D eigenvalue weighted by Crippen LogP contribution is 2.35. The lowest BCUT2D eigenvalue weighted by molar-refractivity contribution is 0.587. The van der Waals surface area contributed by atoms with E-state index in [9.17, 15) is 0 Å². The molecule has 2 nitrogen and oxygen atoms in total. The highest BCUT2D eigenvalue weighted by molar-refractivity contribution is 6.08. The Morgan fingerprint density at radius 1 is 1.05 bits per heavy atom. The normalized spacial score (nSPS) is 12.3. The molecule has 0 saturated carbocycles. The van der Waals surface area contributed by atoms with Gasteiger partial charge in [-0.25, -0.2) is 0 Å². The fraction of sp³-hybridized carbons (Fsp3) is 0.222. The monoisotopic (exact) mass is 265 g/mol. The van der Waals surface area contributed by atoms with Crippen LogP contribution in [-0.2, 0) is 0 Å². The van der Waals surface area contributed by atoms with Crippen LogP contribution in [0, 0.1) is 6.92 Å². The van der Waals surface area contributed by atoms with E-state index in [1.165, 1.54) is 27.6 Å². The predicted octanol–water partition coefficient (Wildman–Crippen LogP) is 4.82. The van der Waals surface area contributed by atoms with Crippen LogP contribution in [0.4, 0.5) is 0 Å². The molecular weight excluding hydrogens is 246 g/mol. The van der Waals surface area contributed by atoms with Crippen LogP contribution in [0.25, 0.3) is 27.6 Å². The van der Waals surface area contributed by atoms with E-state index in [2.05, 4.69) is 63.2 Å². The number of fused-ring (bicyclic) bond motifs is 3. The molecule has 0 saturated heterocycles. The van der Waals surface area contributed by atoms with E-state index in [1.807, 2.05) is 12.1 Å². The number of hydrogen-bond donors (Lipinski definition) is 0. The first-order valence-corrected chi connectivity index (χ1v) is 6.88. The number of para-hydroxylation sites is 1. The van der Waals surface area contributed by atoms with Crippen molar-refractivity contribution in [1.82, 2.24) is 4.90 Å². The van der Waals surface area contributed by atoms with Crippen LogP contribution >= 0.6 is 0 Å². The molecule has 1 aromatic heterocycles. The van der Waals surface area contributed by atoms with Gasteiger partial charge in [0.05, 0.1) is 0 Å². The summed E-state index contributed by atoms with van der Waals surface area (Å²) >= 11 is 0. The minimum Gasteiger partial charge on any atom is -0.455 e. The standard InChI is InChI=1S/C18H19NO/c1-5-15(19(3)4)17-12(2)10-11-14-13-8-6-7-9-16(13)20-18(14)17/h5-11H,1-4H3/b15-5-. The summed E-state index contributed by atoms with van der Waals surface area (Å²) in [7, 11) is 4.13. The quantitative estimate of drug-likeness (QED) is 0.660. The Morgan fingerprint density at radius 2 is 1.80 bits per heavy atom. The lowest BCUT2D eigenvalue weighted by atomic mass is 10.0. The van der Waals surface area contributed by atoms with Crippen molar-refractivity contribution in [1.29, 1.82) is 0 Å². The first kappa shape index (κ1) is 12.8. The van der Waals surface area contributed by atoms with Crippen LogP contribution in [-0.4, -0.2) is 19.0 Å². The van der Waals surface area contributed by atoms with Crippen LogP contribution in [0.15, 0.2) is 46.9 Å². The molecule has 0 unspecified atom stereocenters. The van der Waals surface area contributed by atoms with E-state index in [4.69, 9.17) is 4.42 Å². The lowest BCUT2D eigenvalue weighted by Crippen LogP contribution is -2.10. The summed E-state index contributed by atoms with van der Waals surface area (Å²) in [4.78, 5) is 2.13. The molecule has 0 bridgehead atoms. The van der Waals surface area contributed by atoms with Crippen molar-refractivity contribution in [2.45, 2.75) is 13.8 Å². The van der Waals surface area contributed by atoms with E-state index < -0.39 is 0 Å². The van der Waals surface area contributed by atoms with Gasteiger partial charge in [-0.3, -0.25) is 0 Å². The van der Waals surface area contributed by atoms with Gasteiger partial charge in [-0.2, -0.15) is 0 Å². The number of aryl methyl sites for hydroxylation is 1. The van der Waals surface area contributed by atoms with Gasteiger partial charge in [0.25, 0.3) is 0 Å². The largest absolute Gasteiger partial charge is 0.455 e. The van der Waals surface area contributed by atoms with Gasteiger partial charge < -0.3 is 9.32 Å². The summed E-state index contributed by atoms with van der Waals surface area (Å²) in [6.45, 7) is 4.20. The Morgan fingerprint density at radius 3 is 2.50 bits per heavy atom. The van der Waals surface area contributed by atoms with E-state index in [0.717, 1.165) is 11.2 Å². The second kappa shape index (κ2) is 4.71. The van der Waals surface area contributed by atoms with Crippen molar-refractivity contribution in [3.8, 4) is 0 Å². The van der Waals surface area contributed by atoms with Crippen molar-refractivity contribution in [2.24, 2.45) is 0 Å². The molecule has 2 heteroatoms. The molecule has 0 spiro atoms. The SMILES string of the molecule is C/C=C(/c1c(C)ccc2c1oc1ccccc12)N(C)C. The number of hydrogen-bond acceptors (Lipinski definition) is 2. The van der Waals surface area contributed by atoms with E-state index >= 15 is 0 Å². The average molecular weight is 265 g/mol. The van der Waals surface area contributed by atoms with Crippen molar-refractivity contribution < 1.29 is 4.42 Å². The molecule has 102 valence electrons. The third-order valence-electron chi connectivity index (χ3n) is 3.77. The third-order valence-corrected chi connectivity index (χ3v) is 3.77. The fourth-order valence-corrected chi connectivity index (χ4v) is 2.83. The Balaban J connectivity index is 2.44. The van der Waals surface area contributed by atoms with Gasteiger partial charge in [0.1, 0.15) is 11.2 Å². The third kappa shape index (κ3) is 1.80. The zero-order valence-corrected chi connectivity index (χ0v) is 12.4. The number of benzene rings is 2. The van der Waals surface area contributed by atoms with Gasteiger partial charge in [-0.15, -0.1) is 0 Å². The zero-order valence-electron chi connectivity index (χ0n) is 12.4. The Bertz CT molecular complexity index is 809. The molecule has 2 aromatic carbocycles. The number of furan rings is 1. The molecule has 0 radical (unpaired) electrons. The smallest absolute Gasteiger partial charge is 0.144 e. The summed E-state index contributed by atoms with van der Waals surface area (Å²) in [5, 5.41) is 2.36. The van der Waals surface area contributed by atoms with Crippen LogP contribution in [0.5, 0.6) is 0 Å². The second-order valence-corrected chi connectivity index (χ2v) is 5.30. The van der Waals surface area contributed by atoms with Crippen molar-refractivity contribution in [3.05, 3.63) is 53.6 Å². The van der Waals surface area contributed by atoms with Crippen LogP contribution in [0.3, 0.4) is 0 Å². The van der Waals surface area contributed by atoms with Crippen molar-refractivity contribution in [2.75, 3.05) is 14.1 Å². The highest BCUT2D eigenvalue weighted by atomic mass is 16.3. The van der Waals surface area contributed by atoms with Gasteiger partial charge in [-0.1, -0.05) is 36.4 Å². The summed E-state index contributed by atoms with van der Waals surface area (Å²) in [5.74, 6) is 0. The molecule has 0 fully saturated rings. The first-order chi connectivity index (χ1) is 9.63. The highest BCUT2D eigenvalue weighted by Gasteiger charge is 2.16. The molecule has 3 aromatic rings. The van der Waals surface area contributed by atoms with Gasteiger partial charge in [-0.05, 0) is 25.5 Å². The molecule has 0 N–H and O–H groups in total. The van der Waals surface area contributed by atoms with E-state index in [1.54, 1.807) is 0 Å². The van der Waals surface area contributed by atoms with Gasteiger partial charge in [0.15, 0.2) is 0 Å². The fourth-order valence-electron chi connectivity index (χ4n) is 2.83. The Hall–Kier alpha value is -2.22. The molecule has 0 aliphatic heterocycles. The van der Waals surface area contributed by atoms with E-state index in [0.29, 0.717) is 0 Å². The maximum Gasteiger partial charge on any atom is 0.144 e. The average Bonchev–Trinajstić information content (AvgIpc) is 2.80. The number of rotatable bonds is 2. The molecule has 1 heterocycles. The number of nitrogens with zero attached hydrogens (tertiary/aromatic N) is 1. The summed E-state index contributed by atoms with van der Waals surface area (Å²) < 4.78 is 6.13. The van der Waals surface area contributed by atoms with Crippen molar-refractivity contribution in [3.63, 3.8) is 0 Å². The minimum atomic E-state index is 0.948. The molecule has 0 amide bonds. The summed E-state index contributed by atoms with van der Waals surface area (Å²) in [5.41, 5.74) is 5.54. The van der Waals surface area contributed by atoms with Gasteiger partial charge in [0, 0.05) is 36.1 Å². The summed E-state index contributed by atoms with van der Waals surface area (Å²) in [6.07, 6.45) is 2.13. The molecule has 0 atom stereocenters. The van der Waals surface area contributed by atoms with Crippen LogP contribution in [0.2, 0.25) is 0 Å². The molecule has 20 heavy (non-hydrogen) atoms. The lowest BCUT2D eigenvalue weighted by Gasteiger charge is -2.19. The maximum absolute atomic E-state index is 6.13. The van der Waals surface area contributed by atoms with E-state index in [-0.39, 0.29) is 0 Å². The minimum absolute atomic E-state index is 0.948. The summed E-state index contributed by atoms with van der Waals surface area (Å²) in [6, 6.07) is 12.5. The Kier molecular flexibility index (Phi) is 3.01. The molecule has 0 aliphatic carbocycles. The Labute approximate surface area is 119 Å². The second-order valence-electron chi connectivity index (χ2n) is 5.30.